The van der Waals surface area contributed by atoms with Gasteiger partial charge in [-0.25, -0.2) is 8.42 Å². The van der Waals surface area contributed by atoms with Crippen LogP contribution >= 0.6 is 0 Å². The standard InChI is InChI=1S/C7H7N3O3S/c8-2-4-10-14(12,13)7-5-9-3-1-6(7)11/h1,3,5,10H,4H2,(H,9,11). The molecule has 0 aromatic carbocycles. The quantitative estimate of drug-likeness (QED) is 0.640. The average molecular weight is 213 g/mol. The molecule has 0 fully saturated rings. The zero-order valence-corrected chi connectivity index (χ0v) is 7.84. The summed E-state index contributed by atoms with van der Waals surface area (Å²) in [6.07, 6.45) is 2.40. The van der Waals surface area contributed by atoms with E-state index >= 15 is 0 Å². The number of rotatable bonds is 3. The van der Waals surface area contributed by atoms with Crippen molar-refractivity contribution in [3.63, 3.8) is 0 Å². The Morgan fingerprint density at radius 2 is 2.29 bits per heavy atom. The van der Waals surface area contributed by atoms with Gasteiger partial charge in [0.15, 0.2) is 0 Å². The zero-order chi connectivity index (χ0) is 10.6. The van der Waals surface area contributed by atoms with Gasteiger partial charge in [-0.05, 0) is 0 Å². The van der Waals surface area contributed by atoms with E-state index in [1.807, 2.05) is 4.72 Å². The summed E-state index contributed by atoms with van der Waals surface area (Å²) in [7, 11) is -3.87. The summed E-state index contributed by atoms with van der Waals surface area (Å²) in [6.45, 7) is -0.364. The van der Waals surface area contributed by atoms with E-state index in [0.29, 0.717) is 0 Å². The molecule has 2 N–H and O–H groups in total. The van der Waals surface area contributed by atoms with Crippen LogP contribution < -0.4 is 10.2 Å². The summed E-state index contributed by atoms with van der Waals surface area (Å²) in [4.78, 5) is 13.2. The van der Waals surface area contributed by atoms with Gasteiger partial charge in [0.25, 0.3) is 0 Å². The molecule has 7 heteroatoms. The number of nitrogens with zero attached hydrogens (tertiary/aromatic N) is 1. The smallest absolute Gasteiger partial charge is 0.246 e. The van der Waals surface area contributed by atoms with Crippen LogP contribution in [0.2, 0.25) is 0 Å². The first-order valence-electron chi connectivity index (χ1n) is 3.61. The second-order valence-electron chi connectivity index (χ2n) is 2.36. The normalized spacial score (nSPS) is 10.8. The minimum atomic E-state index is -3.87. The molecular weight excluding hydrogens is 206 g/mol. The van der Waals surface area contributed by atoms with Gasteiger partial charge in [0.1, 0.15) is 4.90 Å². The molecule has 0 aliphatic heterocycles. The lowest BCUT2D eigenvalue weighted by Gasteiger charge is -2.00. The first-order chi connectivity index (χ1) is 6.58. The Morgan fingerprint density at radius 1 is 1.57 bits per heavy atom. The highest BCUT2D eigenvalue weighted by Crippen LogP contribution is 1.98. The maximum atomic E-state index is 11.3. The second-order valence-corrected chi connectivity index (χ2v) is 4.09. The maximum absolute atomic E-state index is 11.3. The van der Waals surface area contributed by atoms with E-state index in [2.05, 4.69) is 4.98 Å². The van der Waals surface area contributed by atoms with Crippen LogP contribution in [0.5, 0.6) is 0 Å². The van der Waals surface area contributed by atoms with Crippen molar-refractivity contribution < 1.29 is 8.42 Å². The number of H-pyrrole nitrogens is 1. The number of sulfonamides is 1. The molecule has 0 saturated carbocycles. The fourth-order valence-electron chi connectivity index (χ4n) is 0.816. The predicted molar refractivity (Wildman–Crippen MR) is 47.9 cm³/mol. The summed E-state index contributed by atoms with van der Waals surface area (Å²) in [5, 5.41) is 8.18. The van der Waals surface area contributed by atoms with Gasteiger partial charge in [0.05, 0.1) is 12.6 Å². The number of hydrogen-bond acceptors (Lipinski definition) is 4. The van der Waals surface area contributed by atoms with Crippen molar-refractivity contribution in [1.29, 1.82) is 5.26 Å². The number of nitrogens with one attached hydrogen (secondary N) is 2. The zero-order valence-electron chi connectivity index (χ0n) is 7.02. The third-order valence-corrected chi connectivity index (χ3v) is 2.84. The highest BCUT2D eigenvalue weighted by molar-refractivity contribution is 7.89. The van der Waals surface area contributed by atoms with Gasteiger partial charge in [-0.3, -0.25) is 4.79 Å². The van der Waals surface area contributed by atoms with Crippen molar-refractivity contribution in [3.8, 4) is 6.07 Å². The lowest BCUT2D eigenvalue weighted by molar-refractivity contribution is 0.584. The van der Waals surface area contributed by atoms with Crippen LogP contribution in [0.1, 0.15) is 0 Å². The van der Waals surface area contributed by atoms with Crippen LogP contribution in [0, 0.1) is 11.3 Å². The Bertz CT molecular complexity index is 511. The summed E-state index contributed by atoms with van der Waals surface area (Å²) in [6, 6.07) is 2.71. The molecule has 1 rings (SSSR count). The van der Waals surface area contributed by atoms with E-state index in [4.69, 9.17) is 5.26 Å². The van der Waals surface area contributed by atoms with Crippen LogP contribution in [0.4, 0.5) is 0 Å². The van der Waals surface area contributed by atoms with Gasteiger partial charge in [-0.15, -0.1) is 0 Å². The van der Waals surface area contributed by atoms with Crippen LogP contribution in [0.3, 0.4) is 0 Å². The van der Waals surface area contributed by atoms with E-state index in [9.17, 15) is 13.2 Å². The lowest BCUT2D eigenvalue weighted by Crippen LogP contribution is -2.28. The monoisotopic (exact) mass is 213 g/mol. The van der Waals surface area contributed by atoms with Crippen molar-refractivity contribution in [1.82, 2.24) is 9.71 Å². The van der Waals surface area contributed by atoms with Gasteiger partial charge in [-0.2, -0.15) is 9.98 Å². The van der Waals surface area contributed by atoms with Crippen molar-refractivity contribution in [2.45, 2.75) is 4.90 Å². The molecule has 0 atom stereocenters. The molecule has 0 saturated heterocycles. The molecule has 0 radical (unpaired) electrons. The van der Waals surface area contributed by atoms with Crippen LogP contribution in [0.15, 0.2) is 28.2 Å². The molecular formula is C7H7N3O3S. The van der Waals surface area contributed by atoms with Crippen molar-refractivity contribution in [2.75, 3.05) is 6.54 Å². The number of nitriles is 1. The molecule has 14 heavy (non-hydrogen) atoms. The Hall–Kier alpha value is -1.65. The number of aromatic nitrogens is 1. The third-order valence-electron chi connectivity index (χ3n) is 1.42. The van der Waals surface area contributed by atoms with Crippen molar-refractivity contribution >= 4 is 10.0 Å². The number of hydrogen-bond donors (Lipinski definition) is 2. The molecule has 0 spiro atoms. The summed E-state index contributed by atoms with van der Waals surface area (Å²) >= 11 is 0. The van der Waals surface area contributed by atoms with E-state index in [1.54, 1.807) is 6.07 Å². The minimum Gasteiger partial charge on any atom is -0.366 e. The molecule has 1 heterocycles. The fraction of sp³-hybridized carbons (Fsp3) is 0.143. The fourth-order valence-corrected chi connectivity index (χ4v) is 1.78. The van der Waals surface area contributed by atoms with Gasteiger partial charge in [0, 0.05) is 18.5 Å². The second kappa shape index (κ2) is 4.04. The van der Waals surface area contributed by atoms with Crippen LogP contribution in [-0.2, 0) is 10.0 Å². The van der Waals surface area contributed by atoms with E-state index in [0.717, 1.165) is 12.3 Å². The SMILES string of the molecule is N#CCNS(=O)(=O)c1c[nH]ccc1=O. The Morgan fingerprint density at radius 3 is 2.86 bits per heavy atom. The topological polar surface area (TPSA) is 103 Å². The minimum absolute atomic E-state index is 0.364. The average Bonchev–Trinajstić information content (AvgIpc) is 2.15. The molecule has 0 bridgehead atoms. The first-order valence-corrected chi connectivity index (χ1v) is 5.10. The highest BCUT2D eigenvalue weighted by atomic mass is 32.2. The molecule has 1 aromatic rings. The van der Waals surface area contributed by atoms with E-state index in [-0.39, 0.29) is 6.54 Å². The number of pyridine rings is 1. The molecule has 1 aromatic heterocycles. The Balaban J connectivity index is 3.13. The van der Waals surface area contributed by atoms with Crippen LogP contribution in [-0.4, -0.2) is 19.9 Å². The Kier molecular flexibility index (Phi) is 3.01. The molecule has 6 nitrogen and oxygen atoms in total. The Labute approximate surface area is 80.2 Å². The molecule has 0 aliphatic carbocycles. The summed E-state index contributed by atoms with van der Waals surface area (Å²) < 4.78 is 24.6. The number of aromatic amines is 1. The third kappa shape index (κ3) is 2.18. The van der Waals surface area contributed by atoms with Gasteiger partial charge in [-0.1, -0.05) is 0 Å². The molecule has 0 amide bonds. The van der Waals surface area contributed by atoms with Gasteiger partial charge < -0.3 is 4.98 Å². The van der Waals surface area contributed by atoms with Crippen molar-refractivity contribution in [2.24, 2.45) is 0 Å². The van der Waals surface area contributed by atoms with Crippen LogP contribution in [0.25, 0.3) is 0 Å². The molecule has 0 unspecified atom stereocenters. The highest BCUT2D eigenvalue weighted by Gasteiger charge is 2.16. The maximum Gasteiger partial charge on any atom is 0.246 e. The predicted octanol–water partition coefficient (Wildman–Crippen LogP) is -0.823. The van der Waals surface area contributed by atoms with Crippen molar-refractivity contribution in [3.05, 3.63) is 28.7 Å². The van der Waals surface area contributed by atoms with Gasteiger partial charge in [0.2, 0.25) is 15.5 Å². The van der Waals surface area contributed by atoms with E-state index < -0.39 is 20.3 Å². The molecule has 74 valence electrons. The first kappa shape index (κ1) is 10.4. The largest absolute Gasteiger partial charge is 0.366 e. The summed E-state index contributed by atoms with van der Waals surface area (Å²) in [5.41, 5.74) is -0.616. The lowest BCUT2D eigenvalue weighted by atomic mass is 10.5. The van der Waals surface area contributed by atoms with E-state index in [1.165, 1.54) is 6.20 Å². The van der Waals surface area contributed by atoms with Gasteiger partial charge >= 0.3 is 0 Å². The molecule has 0 aliphatic rings. The summed E-state index contributed by atoms with van der Waals surface area (Å²) in [5.74, 6) is 0.